The first kappa shape index (κ1) is 12.5. The first-order chi connectivity index (χ1) is 7.83. The van der Waals surface area contributed by atoms with Crippen molar-refractivity contribution in [3.05, 3.63) is 42.0 Å². The topological polar surface area (TPSA) is 35.5 Å². The van der Waals surface area contributed by atoms with Crippen molar-refractivity contribution in [2.45, 2.75) is 6.42 Å². The lowest BCUT2D eigenvalue weighted by atomic mass is 10.1. The van der Waals surface area contributed by atoms with Crippen LogP contribution in [0, 0.1) is 0 Å². The first-order valence-corrected chi connectivity index (χ1v) is 5.13. The number of para-hydroxylation sites is 1. The molecule has 0 aromatic heterocycles. The summed E-state index contributed by atoms with van der Waals surface area (Å²) >= 11 is 0. The highest BCUT2D eigenvalue weighted by Crippen LogP contribution is 2.23. The number of hydrogen-bond donors (Lipinski definition) is 0. The second-order valence-corrected chi connectivity index (χ2v) is 3.29. The Kier molecular flexibility index (Phi) is 5.29. The molecule has 0 fully saturated rings. The fourth-order valence-corrected chi connectivity index (χ4v) is 1.42. The third kappa shape index (κ3) is 3.21. The minimum absolute atomic E-state index is 0.436. The molecule has 3 heteroatoms. The number of carbonyl (C=O) groups is 1. The molecule has 1 aromatic rings. The molecule has 0 heterocycles. The van der Waals surface area contributed by atoms with Crippen LogP contribution in [0.1, 0.15) is 15.9 Å². The normalized spacial score (nSPS) is 9.81. The van der Waals surface area contributed by atoms with E-state index in [9.17, 15) is 4.79 Å². The third-order valence-electron chi connectivity index (χ3n) is 2.15. The van der Waals surface area contributed by atoms with Crippen molar-refractivity contribution >= 4 is 6.29 Å². The van der Waals surface area contributed by atoms with Crippen LogP contribution in [0.4, 0.5) is 0 Å². The lowest BCUT2D eigenvalue weighted by Crippen LogP contribution is -2.07. The molecule has 1 rings (SSSR count). The largest absolute Gasteiger partial charge is 0.490 e. The van der Waals surface area contributed by atoms with Crippen LogP contribution in [0.15, 0.2) is 30.9 Å². The molecule has 86 valence electrons. The van der Waals surface area contributed by atoms with Crippen molar-refractivity contribution in [3.63, 3.8) is 0 Å². The molecule has 1 aromatic carbocycles. The van der Waals surface area contributed by atoms with Gasteiger partial charge in [0.05, 0.1) is 12.2 Å². The molecule has 0 amide bonds. The Balaban J connectivity index is 2.89. The zero-order chi connectivity index (χ0) is 11.8. The lowest BCUT2D eigenvalue weighted by Gasteiger charge is -2.12. The number of methoxy groups -OCH3 is 1. The highest BCUT2D eigenvalue weighted by Gasteiger charge is 2.07. The predicted molar refractivity (Wildman–Crippen MR) is 63.1 cm³/mol. The van der Waals surface area contributed by atoms with Crippen molar-refractivity contribution in [2.24, 2.45) is 0 Å². The summed E-state index contributed by atoms with van der Waals surface area (Å²) in [6.45, 7) is 4.62. The number of hydrogen-bond acceptors (Lipinski definition) is 3. The summed E-state index contributed by atoms with van der Waals surface area (Å²) in [5.74, 6) is 0.634. The Morgan fingerprint density at radius 2 is 2.19 bits per heavy atom. The van der Waals surface area contributed by atoms with Crippen molar-refractivity contribution in [3.8, 4) is 5.75 Å². The molecule has 0 unspecified atom stereocenters. The molecule has 0 bridgehead atoms. The van der Waals surface area contributed by atoms with Crippen molar-refractivity contribution < 1.29 is 14.3 Å². The van der Waals surface area contributed by atoms with E-state index in [-0.39, 0.29) is 0 Å². The average molecular weight is 220 g/mol. The minimum atomic E-state index is 0.436. The van der Waals surface area contributed by atoms with Gasteiger partial charge < -0.3 is 9.47 Å². The highest BCUT2D eigenvalue weighted by molar-refractivity contribution is 5.80. The molecule has 0 aliphatic heterocycles. The van der Waals surface area contributed by atoms with Gasteiger partial charge in [0.1, 0.15) is 12.4 Å². The van der Waals surface area contributed by atoms with E-state index in [2.05, 4.69) is 6.58 Å². The summed E-state index contributed by atoms with van der Waals surface area (Å²) < 4.78 is 10.5. The molecule has 0 atom stereocenters. The van der Waals surface area contributed by atoms with Gasteiger partial charge >= 0.3 is 0 Å². The molecule has 0 N–H and O–H groups in total. The van der Waals surface area contributed by atoms with Crippen LogP contribution < -0.4 is 4.74 Å². The SMILES string of the molecule is C=CCc1cccc(C=O)c1OCCOC. The summed E-state index contributed by atoms with van der Waals surface area (Å²) in [7, 11) is 1.61. The van der Waals surface area contributed by atoms with E-state index < -0.39 is 0 Å². The van der Waals surface area contributed by atoms with Gasteiger partial charge in [-0.05, 0) is 18.1 Å². The number of rotatable bonds is 7. The molecule has 0 radical (unpaired) electrons. The monoisotopic (exact) mass is 220 g/mol. The van der Waals surface area contributed by atoms with Crippen LogP contribution in [0.25, 0.3) is 0 Å². The molecule has 16 heavy (non-hydrogen) atoms. The standard InChI is InChI=1S/C13H16O3/c1-3-5-11-6-4-7-12(10-14)13(11)16-9-8-15-2/h3-4,6-7,10H,1,5,8-9H2,2H3. The maximum atomic E-state index is 10.9. The Morgan fingerprint density at radius 3 is 2.81 bits per heavy atom. The summed E-state index contributed by atoms with van der Waals surface area (Å²) in [5, 5.41) is 0. The summed E-state index contributed by atoms with van der Waals surface area (Å²) in [6, 6.07) is 5.50. The fraction of sp³-hybridized carbons (Fsp3) is 0.308. The van der Waals surface area contributed by atoms with Crippen LogP contribution in [0.3, 0.4) is 0 Å². The van der Waals surface area contributed by atoms with E-state index in [1.54, 1.807) is 19.3 Å². The van der Waals surface area contributed by atoms with E-state index in [4.69, 9.17) is 9.47 Å². The number of benzene rings is 1. The zero-order valence-corrected chi connectivity index (χ0v) is 9.44. The van der Waals surface area contributed by atoms with Crippen molar-refractivity contribution in [1.29, 1.82) is 0 Å². The van der Waals surface area contributed by atoms with Gasteiger partial charge in [0.25, 0.3) is 0 Å². The van der Waals surface area contributed by atoms with Crippen LogP contribution in [-0.4, -0.2) is 26.6 Å². The lowest BCUT2D eigenvalue weighted by molar-refractivity contribution is 0.111. The Bertz CT molecular complexity index is 358. The van der Waals surface area contributed by atoms with Gasteiger partial charge in [-0.2, -0.15) is 0 Å². The summed E-state index contributed by atoms with van der Waals surface area (Å²) in [4.78, 5) is 10.9. The molecular formula is C13H16O3. The zero-order valence-electron chi connectivity index (χ0n) is 9.44. The van der Waals surface area contributed by atoms with Crippen LogP contribution in [0.5, 0.6) is 5.75 Å². The van der Waals surface area contributed by atoms with Crippen LogP contribution >= 0.6 is 0 Å². The number of aldehydes is 1. The van der Waals surface area contributed by atoms with Gasteiger partial charge in [-0.3, -0.25) is 4.79 Å². The van der Waals surface area contributed by atoms with E-state index in [1.807, 2.05) is 12.1 Å². The minimum Gasteiger partial charge on any atom is -0.490 e. The second-order valence-electron chi connectivity index (χ2n) is 3.29. The molecule has 0 saturated heterocycles. The molecular weight excluding hydrogens is 204 g/mol. The second kappa shape index (κ2) is 6.80. The van der Waals surface area contributed by atoms with Gasteiger partial charge in [0.2, 0.25) is 0 Å². The number of allylic oxidation sites excluding steroid dienone is 1. The maximum Gasteiger partial charge on any atom is 0.153 e. The first-order valence-electron chi connectivity index (χ1n) is 5.13. The quantitative estimate of drug-likeness (QED) is 0.401. The molecule has 3 nitrogen and oxygen atoms in total. The van der Waals surface area contributed by atoms with E-state index >= 15 is 0 Å². The van der Waals surface area contributed by atoms with E-state index in [1.165, 1.54) is 0 Å². The molecule has 0 aliphatic carbocycles. The maximum absolute atomic E-state index is 10.9. The molecule has 0 saturated carbocycles. The Morgan fingerprint density at radius 1 is 1.38 bits per heavy atom. The summed E-state index contributed by atoms with van der Waals surface area (Å²) in [6.07, 6.45) is 3.27. The number of ether oxygens (including phenoxy) is 2. The van der Waals surface area contributed by atoms with E-state index in [0.29, 0.717) is 30.9 Å². The van der Waals surface area contributed by atoms with Crippen LogP contribution in [0.2, 0.25) is 0 Å². The fourth-order valence-electron chi connectivity index (χ4n) is 1.42. The highest BCUT2D eigenvalue weighted by atomic mass is 16.5. The van der Waals surface area contributed by atoms with E-state index in [0.717, 1.165) is 11.8 Å². The predicted octanol–water partition coefficient (Wildman–Crippen LogP) is 2.25. The third-order valence-corrected chi connectivity index (χ3v) is 2.15. The van der Waals surface area contributed by atoms with Crippen molar-refractivity contribution in [2.75, 3.05) is 20.3 Å². The molecule has 0 spiro atoms. The van der Waals surface area contributed by atoms with Gasteiger partial charge in [0.15, 0.2) is 6.29 Å². The Labute approximate surface area is 95.7 Å². The Hall–Kier alpha value is -1.61. The van der Waals surface area contributed by atoms with Gasteiger partial charge in [0, 0.05) is 7.11 Å². The molecule has 0 aliphatic rings. The van der Waals surface area contributed by atoms with Crippen LogP contribution in [-0.2, 0) is 11.2 Å². The summed E-state index contributed by atoms with van der Waals surface area (Å²) in [5.41, 5.74) is 1.53. The van der Waals surface area contributed by atoms with Gasteiger partial charge in [-0.15, -0.1) is 6.58 Å². The smallest absolute Gasteiger partial charge is 0.153 e. The average Bonchev–Trinajstić information content (AvgIpc) is 2.31. The van der Waals surface area contributed by atoms with Gasteiger partial charge in [-0.1, -0.05) is 18.2 Å². The van der Waals surface area contributed by atoms with Gasteiger partial charge in [-0.25, -0.2) is 0 Å². The van der Waals surface area contributed by atoms with Crippen molar-refractivity contribution in [1.82, 2.24) is 0 Å². The number of carbonyl (C=O) groups excluding carboxylic acids is 1.